The molecule has 32 heavy (non-hydrogen) atoms. The molecular weight excluding hydrogens is 404 g/mol. The summed E-state index contributed by atoms with van der Waals surface area (Å²) in [5.74, 6) is 0. The Bertz CT molecular complexity index is 1180. The van der Waals surface area contributed by atoms with E-state index in [4.69, 9.17) is 5.26 Å². The largest absolute Gasteiger partial charge is 0.370 e. The van der Waals surface area contributed by atoms with Gasteiger partial charge in [-0.25, -0.2) is 0 Å². The summed E-state index contributed by atoms with van der Waals surface area (Å²) in [6, 6.07) is 25.6. The van der Waals surface area contributed by atoms with Gasteiger partial charge in [0.1, 0.15) is 11.8 Å². The lowest BCUT2D eigenvalue weighted by atomic mass is 10.1. The molecule has 3 rings (SSSR count). The van der Waals surface area contributed by atoms with Gasteiger partial charge in [0.15, 0.2) is 0 Å². The molecule has 0 bridgehead atoms. The fourth-order valence-electron chi connectivity index (χ4n) is 3.12. The summed E-state index contributed by atoms with van der Waals surface area (Å²) >= 11 is 0. The molecule has 0 unspecified atom stereocenters. The van der Waals surface area contributed by atoms with E-state index in [1.54, 1.807) is 12.1 Å². The molecule has 158 valence electrons. The highest BCUT2D eigenvalue weighted by molar-refractivity contribution is 5.58. The van der Waals surface area contributed by atoms with Crippen molar-refractivity contribution in [3.63, 3.8) is 0 Å². The third kappa shape index (κ3) is 5.97. The van der Waals surface area contributed by atoms with Gasteiger partial charge in [-0.15, -0.1) is 5.11 Å². The first-order chi connectivity index (χ1) is 15.6. The van der Waals surface area contributed by atoms with Crippen molar-refractivity contribution in [2.24, 2.45) is 10.2 Å². The first-order valence-electron chi connectivity index (χ1n) is 9.97. The molecule has 0 atom stereocenters. The van der Waals surface area contributed by atoms with Crippen molar-refractivity contribution in [3.05, 3.63) is 94.0 Å². The highest BCUT2D eigenvalue weighted by Gasteiger charge is 2.11. The number of nitro benzene ring substituents is 1. The minimum atomic E-state index is -0.559. The Morgan fingerprint density at radius 2 is 1.69 bits per heavy atom. The minimum Gasteiger partial charge on any atom is -0.370 e. The van der Waals surface area contributed by atoms with Crippen LogP contribution in [0.15, 0.2) is 83.0 Å². The van der Waals surface area contributed by atoms with Crippen molar-refractivity contribution < 1.29 is 4.92 Å². The molecule has 8 nitrogen and oxygen atoms in total. The molecule has 3 aromatic rings. The van der Waals surface area contributed by atoms with Gasteiger partial charge in [0, 0.05) is 30.9 Å². The van der Waals surface area contributed by atoms with Crippen molar-refractivity contribution in [3.8, 4) is 12.1 Å². The maximum absolute atomic E-state index is 10.9. The predicted molar refractivity (Wildman–Crippen MR) is 121 cm³/mol. The molecule has 0 heterocycles. The molecule has 0 saturated carbocycles. The Balaban J connectivity index is 1.72. The van der Waals surface area contributed by atoms with Gasteiger partial charge in [-0.3, -0.25) is 10.1 Å². The number of azo groups is 1. The van der Waals surface area contributed by atoms with Crippen LogP contribution >= 0.6 is 0 Å². The van der Waals surface area contributed by atoms with Crippen LogP contribution in [-0.4, -0.2) is 18.0 Å². The normalized spacial score (nSPS) is 10.4. The average molecular weight is 424 g/mol. The number of rotatable bonds is 9. The molecule has 0 aliphatic heterocycles. The molecule has 8 heteroatoms. The first kappa shape index (κ1) is 22.1. The standard InChI is InChI=1S/C24H20N6O2/c25-14-4-15-29(16-13-19-5-2-1-3-6-19)22-9-7-21(8-10-22)27-28-24-12-11-23(30(31)32)17-20(24)18-26/h1-3,5-12,17H,4,13,15-16H2. The number of benzene rings is 3. The average Bonchev–Trinajstić information content (AvgIpc) is 2.83. The predicted octanol–water partition coefficient (Wildman–Crippen LogP) is 5.84. The lowest BCUT2D eigenvalue weighted by Crippen LogP contribution is -2.26. The van der Waals surface area contributed by atoms with Gasteiger partial charge >= 0.3 is 0 Å². The zero-order chi connectivity index (χ0) is 22.8. The summed E-state index contributed by atoms with van der Waals surface area (Å²) in [6.45, 7) is 1.40. The summed E-state index contributed by atoms with van der Waals surface area (Å²) < 4.78 is 0. The Hall–Kier alpha value is -4.56. The molecule has 0 spiro atoms. The Labute approximate surface area is 185 Å². The molecular formula is C24H20N6O2. The van der Waals surface area contributed by atoms with Crippen LogP contribution in [-0.2, 0) is 6.42 Å². The maximum Gasteiger partial charge on any atom is 0.270 e. The summed E-state index contributed by atoms with van der Waals surface area (Å²) in [4.78, 5) is 12.5. The zero-order valence-corrected chi connectivity index (χ0v) is 17.3. The second-order valence-corrected chi connectivity index (χ2v) is 6.92. The van der Waals surface area contributed by atoms with Gasteiger partial charge in [0.05, 0.1) is 28.7 Å². The van der Waals surface area contributed by atoms with Gasteiger partial charge in [-0.2, -0.15) is 15.6 Å². The van der Waals surface area contributed by atoms with E-state index in [-0.39, 0.29) is 16.9 Å². The summed E-state index contributed by atoms with van der Waals surface area (Å²) in [7, 11) is 0. The monoisotopic (exact) mass is 424 g/mol. The third-order valence-electron chi connectivity index (χ3n) is 4.81. The van der Waals surface area contributed by atoms with E-state index in [0.29, 0.717) is 18.7 Å². The second-order valence-electron chi connectivity index (χ2n) is 6.92. The molecule has 0 saturated heterocycles. The van der Waals surface area contributed by atoms with Crippen LogP contribution in [0.1, 0.15) is 17.5 Å². The Morgan fingerprint density at radius 1 is 0.938 bits per heavy atom. The topological polar surface area (TPSA) is 119 Å². The van der Waals surface area contributed by atoms with E-state index in [2.05, 4.69) is 33.3 Å². The van der Waals surface area contributed by atoms with Crippen molar-refractivity contribution in [2.45, 2.75) is 12.8 Å². The van der Waals surface area contributed by atoms with E-state index in [0.717, 1.165) is 18.7 Å². The fourth-order valence-corrected chi connectivity index (χ4v) is 3.12. The van der Waals surface area contributed by atoms with Crippen LogP contribution in [0, 0.1) is 32.8 Å². The lowest BCUT2D eigenvalue weighted by molar-refractivity contribution is -0.384. The van der Waals surface area contributed by atoms with E-state index in [9.17, 15) is 15.4 Å². The van der Waals surface area contributed by atoms with Crippen molar-refractivity contribution in [1.82, 2.24) is 0 Å². The van der Waals surface area contributed by atoms with Crippen LogP contribution in [0.3, 0.4) is 0 Å². The van der Waals surface area contributed by atoms with Crippen LogP contribution in [0.5, 0.6) is 0 Å². The molecule has 0 radical (unpaired) electrons. The SMILES string of the molecule is N#CCCN(CCc1ccccc1)c1ccc(N=Nc2ccc([N+](=O)[O-])cc2C#N)cc1. The molecule has 0 aromatic heterocycles. The van der Waals surface area contributed by atoms with Crippen LogP contribution in [0.4, 0.5) is 22.7 Å². The molecule has 0 N–H and O–H groups in total. The van der Waals surface area contributed by atoms with Gasteiger partial charge < -0.3 is 4.90 Å². The van der Waals surface area contributed by atoms with Gasteiger partial charge in [0.25, 0.3) is 5.69 Å². The number of anilines is 1. The number of nitro groups is 1. The van der Waals surface area contributed by atoms with Gasteiger partial charge in [-0.1, -0.05) is 30.3 Å². The molecule has 0 aliphatic rings. The lowest BCUT2D eigenvalue weighted by Gasteiger charge is -2.24. The highest BCUT2D eigenvalue weighted by atomic mass is 16.6. The highest BCUT2D eigenvalue weighted by Crippen LogP contribution is 2.27. The Morgan fingerprint density at radius 3 is 2.34 bits per heavy atom. The summed E-state index contributed by atoms with van der Waals surface area (Å²) in [6.07, 6.45) is 1.29. The smallest absolute Gasteiger partial charge is 0.270 e. The number of nitriles is 2. The first-order valence-corrected chi connectivity index (χ1v) is 9.97. The van der Waals surface area contributed by atoms with E-state index in [1.165, 1.54) is 23.8 Å². The summed E-state index contributed by atoms with van der Waals surface area (Å²) in [5.41, 5.74) is 2.97. The third-order valence-corrected chi connectivity index (χ3v) is 4.81. The number of hydrogen-bond acceptors (Lipinski definition) is 7. The second kappa shape index (κ2) is 11.0. The quantitative estimate of drug-likeness (QED) is 0.243. The number of nitrogens with zero attached hydrogens (tertiary/aromatic N) is 6. The molecule has 0 amide bonds. The van der Waals surface area contributed by atoms with Crippen LogP contribution in [0.25, 0.3) is 0 Å². The minimum absolute atomic E-state index is 0.0863. The van der Waals surface area contributed by atoms with Crippen LogP contribution < -0.4 is 4.90 Å². The van der Waals surface area contributed by atoms with Crippen LogP contribution in [0.2, 0.25) is 0 Å². The Kier molecular flexibility index (Phi) is 7.61. The van der Waals surface area contributed by atoms with Gasteiger partial charge in [-0.05, 0) is 42.3 Å². The summed E-state index contributed by atoms with van der Waals surface area (Å²) in [5, 5.41) is 37.3. The molecule has 0 fully saturated rings. The molecule has 0 aliphatic carbocycles. The van der Waals surface area contributed by atoms with Crippen molar-refractivity contribution >= 4 is 22.7 Å². The fraction of sp³-hybridized carbons (Fsp3) is 0.167. The zero-order valence-electron chi connectivity index (χ0n) is 17.3. The maximum atomic E-state index is 10.9. The number of non-ortho nitro benzene ring substituents is 1. The van der Waals surface area contributed by atoms with E-state index < -0.39 is 4.92 Å². The van der Waals surface area contributed by atoms with Gasteiger partial charge in [0.2, 0.25) is 0 Å². The number of hydrogen-bond donors (Lipinski definition) is 0. The van der Waals surface area contributed by atoms with Crippen molar-refractivity contribution in [2.75, 3.05) is 18.0 Å². The van der Waals surface area contributed by atoms with E-state index in [1.807, 2.05) is 36.4 Å². The van der Waals surface area contributed by atoms with Crippen molar-refractivity contribution in [1.29, 1.82) is 10.5 Å². The van der Waals surface area contributed by atoms with E-state index >= 15 is 0 Å². The molecule has 3 aromatic carbocycles.